The zero-order valence-corrected chi connectivity index (χ0v) is 17.0. The number of benzene rings is 1. The summed E-state index contributed by atoms with van der Waals surface area (Å²) in [6.07, 6.45) is 13.0. The summed E-state index contributed by atoms with van der Waals surface area (Å²) in [5.41, 5.74) is 5.38. The van der Waals surface area contributed by atoms with Gasteiger partial charge >= 0.3 is 0 Å². The van der Waals surface area contributed by atoms with Crippen molar-refractivity contribution < 1.29 is 4.79 Å². The van der Waals surface area contributed by atoms with Crippen molar-refractivity contribution >= 4 is 11.5 Å². The Morgan fingerprint density at radius 1 is 1.03 bits per heavy atom. The molecule has 0 aliphatic heterocycles. The average Bonchev–Trinajstić information content (AvgIpc) is 3.23. The lowest BCUT2D eigenvalue weighted by molar-refractivity contribution is -0.122. The quantitative estimate of drug-likeness (QED) is 0.703. The van der Waals surface area contributed by atoms with Gasteiger partial charge in [-0.2, -0.15) is 5.10 Å². The average molecular weight is 399 g/mol. The van der Waals surface area contributed by atoms with Crippen LogP contribution in [0.25, 0.3) is 16.8 Å². The van der Waals surface area contributed by atoms with E-state index in [1.165, 1.54) is 11.1 Å². The molecule has 1 amide bonds. The zero-order valence-electron chi connectivity index (χ0n) is 17.0. The molecule has 1 aromatic carbocycles. The maximum atomic E-state index is 12.8. The van der Waals surface area contributed by atoms with E-state index in [1.807, 2.05) is 29.1 Å². The molecule has 1 atom stereocenters. The Labute approximate surface area is 176 Å². The van der Waals surface area contributed by atoms with E-state index in [-0.39, 0.29) is 17.9 Å². The van der Waals surface area contributed by atoms with Gasteiger partial charge in [0.15, 0.2) is 0 Å². The molecule has 2 aromatic heterocycles. The van der Waals surface area contributed by atoms with E-state index in [2.05, 4.69) is 45.6 Å². The molecule has 0 radical (unpaired) electrons. The second kappa shape index (κ2) is 7.86. The predicted octanol–water partition coefficient (Wildman–Crippen LogP) is 4.04. The van der Waals surface area contributed by atoms with Crippen LogP contribution in [0.2, 0.25) is 0 Å². The number of amides is 1. The molecule has 1 fully saturated rings. The first-order chi connectivity index (χ1) is 14.7. The molecule has 5 rings (SSSR count). The predicted molar refractivity (Wildman–Crippen MR) is 115 cm³/mol. The van der Waals surface area contributed by atoms with E-state index in [1.54, 1.807) is 18.6 Å². The second-order valence-electron chi connectivity index (χ2n) is 8.21. The van der Waals surface area contributed by atoms with E-state index in [9.17, 15) is 4.79 Å². The van der Waals surface area contributed by atoms with Gasteiger partial charge in [0.05, 0.1) is 30.0 Å². The lowest BCUT2D eigenvalue weighted by Gasteiger charge is -2.29. The highest BCUT2D eigenvalue weighted by Gasteiger charge is 2.40. The molecule has 2 heterocycles. The normalized spacial score (nSPS) is 23.3. The van der Waals surface area contributed by atoms with E-state index in [4.69, 9.17) is 0 Å². The minimum atomic E-state index is -0.0502. The molecular formula is C24H25N5O. The van der Waals surface area contributed by atoms with Crippen molar-refractivity contribution in [2.75, 3.05) is 0 Å². The van der Waals surface area contributed by atoms with Crippen molar-refractivity contribution in [1.29, 1.82) is 0 Å². The van der Waals surface area contributed by atoms with E-state index in [0.717, 1.165) is 42.5 Å². The Morgan fingerprint density at radius 2 is 1.83 bits per heavy atom. The van der Waals surface area contributed by atoms with Gasteiger partial charge < -0.3 is 5.32 Å². The number of rotatable bonds is 5. The van der Waals surface area contributed by atoms with Crippen LogP contribution in [-0.4, -0.2) is 31.7 Å². The highest BCUT2D eigenvalue weighted by atomic mass is 16.2. The van der Waals surface area contributed by atoms with Gasteiger partial charge in [0.2, 0.25) is 5.91 Å². The van der Waals surface area contributed by atoms with Crippen LogP contribution >= 0.6 is 0 Å². The third-order valence-corrected chi connectivity index (χ3v) is 6.29. The minimum absolute atomic E-state index is 0.0502. The molecule has 30 heavy (non-hydrogen) atoms. The molecule has 1 N–H and O–H groups in total. The molecule has 6 heteroatoms. The van der Waals surface area contributed by atoms with Crippen LogP contribution in [-0.2, 0) is 4.79 Å². The summed E-state index contributed by atoms with van der Waals surface area (Å²) in [7, 11) is 0. The number of hydrogen-bond donors (Lipinski definition) is 1. The lowest BCUT2D eigenvalue weighted by Crippen LogP contribution is -2.39. The second-order valence-corrected chi connectivity index (χ2v) is 8.21. The summed E-state index contributed by atoms with van der Waals surface area (Å²) in [5.74, 6) is 0.101. The molecule has 6 nitrogen and oxygen atoms in total. The topological polar surface area (TPSA) is 72.7 Å². The first-order valence-electron chi connectivity index (χ1n) is 10.6. The van der Waals surface area contributed by atoms with Gasteiger partial charge in [0.1, 0.15) is 0 Å². The molecule has 3 aromatic rings. The van der Waals surface area contributed by atoms with Gasteiger partial charge in [-0.15, -0.1) is 0 Å². The third-order valence-electron chi connectivity index (χ3n) is 6.29. The Hall–Kier alpha value is -3.28. The molecule has 1 saturated carbocycles. The highest BCUT2D eigenvalue weighted by molar-refractivity contribution is 6.05. The van der Waals surface area contributed by atoms with Crippen molar-refractivity contribution in [3.8, 4) is 11.3 Å². The number of nitrogens with one attached hydrogen (secondary N) is 1. The fourth-order valence-electron chi connectivity index (χ4n) is 4.56. The van der Waals surface area contributed by atoms with Crippen molar-refractivity contribution in [2.24, 2.45) is 5.92 Å². The number of carbonyl (C=O) groups is 1. The van der Waals surface area contributed by atoms with Crippen molar-refractivity contribution in [3.05, 3.63) is 72.5 Å². The third kappa shape index (κ3) is 3.65. The van der Waals surface area contributed by atoms with E-state index >= 15 is 0 Å². The molecule has 152 valence electrons. The highest BCUT2D eigenvalue weighted by Crippen LogP contribution is 2.46. The summed E-state index contributed by atoms with van der Waals surface area (Å²) in [6.45, 7) is 2.07. The van der Waals surface area contributed by atoms with Crippen LogP contribution in [0.15, 0.2) is 66.9 Å². The molecule has 1 unspecified atom stereocenters. The maximum Gasteiger partial charge on any atom is 0.231 e. The van der Waals surface area contributed by atoms with Crippen LogP contribution in [0, 0.1) is 5.92 Å². The van der Waals surface area contributed by atoms with Gasteiger partial charge in [0.25, 0.3) is 0 Å². The molecule has 0 bridgehead atoms. The Bertz CT molecular complexity index is 1070. The number of hydrogen-bond acceptors (Lipinski definition) is 4. The summed E-state index contributed by atoms with van der Waals surface area (Å²) in [5, 5.41) is 7.83. The number of nitrogens with zero attached hydrogens (tertiary/aromatic N) is 4. The van der Waals surface area contributed by atoms with Crippen LogP contribution in [0.1, 0.15) is 44.2 Å². The molecule has 2 aliphatic carbocycles. The first kappa shape index (κ1) is 18.7. The fraction of sp³-hybridized carbons (Fsp3) is 0.333. The van der Waals surface area contributed by atoms with Gasteiger partial charge in [-0.1, -0.05) is 35.9 Å². The van der Waals surface area contributed by atoms with Crippen molar-refractivity contribution in [3.63, 3.8) is 0 Å². The van der Waals surface area contributed by atoms with Crippen LogP contribution in [0.5, 0.6) is 0 Å². The zero-order chi connectivity index (χ0) is 20.5. The van der Waals surface area contributed by atoms with Crippen molar-refractivity contribution in [2.45, 2.75) is 44.7 Å². The van der Waals surface area contributed by atoms with Gasteiger partial charge in [-0.25, -0.2) is 0 Å². The number of carbonyl (C=O) groups excluding carboxylic acids is 1. The standard InChI is InChI=1S/C24H25N5O/c1-16-22(17-5-3-2-4-6-17)23(16)24(30)28-19-7-9-20(10-8-19)29-15-18(13-27-29)21-14-25-11-12-26-21/h2-6,11-15,19-20,23H,7-10H2,1H3,(H,28,30). The molecule has 0 spiro atoms. The monoisotopic (exact) mass is 399 g/mol. The van der Waals surface area contributed by atoms with Gasteiger partial charge in [0, 0.05) is 30.2 Å². The molecule has 2 aliphatic rings. The summed E-state index contributed by atoms with van der Waals surface area (Å²) in [6, 6.07) is 10.8. The Morgan fingerprint density at radius 3 is 2.57 bits per heavy atom. The fourth-order valence-corrected chi connectivity index (χ4v) is 4.56. The summed E-state index contributed by atoms with van der Waals surface area (Å²) < 4.78 is 2.04. The summed E-state index contributed by atoms with van der Waals surface area (Å²) in [4.78, 5) is 21.3. The largest absolute Gasteiger partial charge is 0.353 e. The smallest absolute Gasteiger partial charge is 0.231 e. The maximum absolute atomic E-state index is 12.8. The van der Waals surface area contributed by atoms with Crippen molar-refractivity contribution in [1.82, 2.24) is 25.1 Å². The Kier molecular flexibility index (Phi) is 4.91. The SMILES string of the molecule is CC1=C(c2ccccc2)C1C(=O)NC1CCC(n2cc(-c3cnccn3)cn2)CC1. The first-order valence-corrected chi connectivity index (χ1v) is 10.6. The van der Waals surface area contributed by atoms with Crippen LogP contribution in [0.3, 0.4) is 0 Å². The van der Waals surface area contributed by atoms with Crippen LogP contribution < -0.4 is 5.32 Å². The molecular weight excluding hydrogens is 374 g/mol. The Balaban J connectivity index is 1.15. The molecule has 0 saturated heterocycles. The lowest BCUT2D eigenvalue weighted by atomic mass is 9.91. The summed E-state index contributed by atoms with van der Waals surface area (Å²) >= 11 is 0. The minimum Gasteiger partial charge on any atom is -0.353 e. The van der Waals surface area contributed by atoms with E-state index in [0.29, 0.717) is 6.04 Å². The van der Waals surface area contributed by atoms with Gasteiger partial charge in [-0.05, 0) is 43.7 Å². The van der Waals surface area contributed by atoms with E-state index < -0.39 is 0 Å². The van der Waals surface area contributed by atoms with Gasteiger partial charge in [-0.3, -0.25) is 19.4 Å². The number of aromatic nitrogens is 4. The van der Waals surface area contributed by atoms with Crippen LogP contribution in [0.4, 0.5) is 0 Å².